The predicted octanol–water partition coefficient (Wildman–Crippen LogP) is -1.85. The van der Waals surface area contributed by atoms with Crippen LogP contribution in [-0.2, 0) is 28.8 Å². The van der Waals surface area contributed by atoms with Gasteiger partial charge in [0.1, 0.15) is 18.1 Å². The summed E-state index contributed by atoms with van der Waals surface area (Å²) in [7, 11) is 0. The summed E-state index contributed by atoms with van der Waals surface area (Å²) >= 11 is 0. The van der Waals surface area contributed by atoms with E-state index < -0.39 is 66.2 Å². The lowest BCUT2D eigenvalue weighted by atomic mass is 10.0. The lowest BCUT2D eigenvalue weighted by Gasteiger charge is -2.29. The van der Waals surface area contributed by atoms with E-state index >= 15 is 0 Å². The first-order chi connectivity index (χ1) is 15.3. The van der Waals surface area contributed by atoms with Crippen molar-refractivity contribution >= 4 is 35.6 Å². The minimum absolute atomic E-state index is 0.0345. The van der Waals surface area contributed by atoms with Crippen LogP contribution in [0.25, 0.3) is 0 Å². The molecule has 1 heterocycles. The van der Waals surface area contributed by atoms with Crippen LogP contribution in [0.2, 0.25) is 0 Å². The highest BCUT2D eigenvalue weighted by Crippen LogP contribution is 2.20. The lowest BCUT2D eigenvalue weighted by molar-refractivity contribution is -0.149. The Balaban J connectivity index is 3.02. The molecule has 1 fully saturated rings. The van der Waals surface area contributed by atoms with Gasteiger partial charge in [-0.1, -0.05) is 13.8 Å². The summed E-state index contributed by atoms with van der Waals surface area (Å²) in [5.74, 6) is -5.46. The fourth-order valence-electron chi connectivity index (χ4n) is 3.57. The van der Waals surface area contributed by atoms with Crippen LogP contribution in [0.1, 0.15) is 52.4 Å². The number of primary amides is 1. The Kier molecular flexibility index (Phi) is 10.7. The van der Waals surface area contributed by atoms with Crippen LogP contribution in [0.5, 0.6) is 0 Å². The molecule has 13 heteroatoms. The van der Waals surface area contributed by atoms with Gasteiger partial charge < -0.3 is 37.2 Å². The van der Waals surface area contributed by atoms with E-state index in [0.717, 1.165) is 0 Å². The fraction of sp³-hybridized carbons (Fsp3) is 0.700. The van der Waals surface area contributed by atoms with Gasteiger partial charge in [-0.3, -0.25) is 24.0 Å². The second-order valence-electron chi connectivity index (χ2n) is 8.49. The van der Waals surface area contributed by atoms with Crippen LogP contribution < -0.4 is 22.1 Å². The molecule has 33 heavy (non-hydrogen) atoms. The normalized spacial score (nSPS) is 18.3. The molecule has 4 amide bonds. The van der Waals surface area contributed by atoms with E-state index in [2.05, 4.69) is 10.6 Å². The van der Waals surface area contributed by atoms with E-state index in [1.54, 1.807) is 0 Å². The van der Waals surface area contributed by atoms with E-state index in [-0.39, 0.29) is 31.7 Å². The smallest absolute Gasteiger partial charge is 0.326 e. The lowest BCUT2D eigenvalue weighted by Crippen LogP contribution is -2.57. The van der Waals surface area contributed by atoms with Crippen molar-refractivity contribution < 1.29 is 39.0 Å². The van der Waals surface area contributed by atoms with Gasteiger partial charge in [-0.05, 0) is 31.6 Å². The molecule has 1 rings (SSSR count). The van der Waals surface area contributed by atoms with Gasteiger partial charge >= 0.3 is 11.9 Å². The van der Waals surface area contributed by atoms with Crippen LogP contribution in [0.15, 0.2) is 0 Å². The molecule has 13 nitrogen and oxygen atoms in total. The second-order valence-corrected chi connectivity index (χ2v) is 8.49. The number of nitrogens with two attached hydrogens (primary N) is 2. The molecule has 4 atom stereocenters. The maximum Gasteiger partial charge on any atom is 0.326 e. The van der Waals surface area contributed by atoms with Crippen molar-refractivity contribution in [3.63, 3.8) is 0 Å². The van der Waals surface area contributed by atoms with Gasteiger partial charge in [-0.25, -0.2) is 4.79 Å². The zero-order valence-electron chi connectivity index (χ0n) is 18.8. The maximum absolute atomic E-state index is 13.1. The van der Waals surface area contributed by atoms with Crippen molar-refractivity contribution in [1.82, 2.24) is 15.5 Å². The average molecular weight is 472 g/mol. The van der Waals surface area contributed by atoms with E-state index in [0.29, 0.717) is 12.8 Å². The van der Waals surface area contributed by atoms with Crippen LogP contribution in [0.4, 0.5) is 0 Å². The summed E-state index contributed by atoms with van der Waals surface area (Å²) in [6.45, 7) is 3.89. The SMILES string of the molecule is CC(C)CC(NC(=O)C(CCC(N)=O)NC(=O)C(N)CC(=O)O)C(=O)N1CCCC1C(=O)O. The number of likely N-dealkylation sites (tertiary alicyclic amines) is 1. The first kappa shape index (κ1) is 27.8. The van der Waals surface area contributed by atoms with Crippen molar-refractivity contribution in [2.75, 3.05) is 6.54 Å². The molecule has 1 aliphatic rings. The Morgan fingerprint density at radius 1 is 1.03 bits per heavy atom. The molecule has 1 saturated heterocycles. The third-order valence-electron chi connectivity index (χ3n) is 5.19. The topological polar surface area (TPSA) is 222 Å². The number of amides is 4. The molecular formula is C20H33N5O8. The molecule has 4 unspecified atom stereocenters. The Morgan fingerprint density at radius 3 is 2.15 bits per heavy atom. The second kappa shape index (κ2) is 12.7. The minimum atomic E-state index is -1.43. The van der Waals surface area contributed by atoms with Gasteiger partial charge in [-0.15, -0.1) is 0 Å². The van der Waals surface area contributed by atoms with Gasteiger partial charge in [0.15, 0.2) is 0 Å². The summed E-state index contributed by atoms with van der Waals surface area (Å²) in [6, 6.07) is -4.77. The first-order valence-corrected chi connectivity index (χ1v) is 10.7. The Hall–Kier alpha value is -3.22. The maximum atomic E-state index is 13.1. The molecular weight excluding hydrogens is 438 g/mol. The van der Waals surface area contributed by atoms with Crippen LogP contribution >= 0.6 is 0 Å². The molecule has 0 bridgehead atoms. The number of nitrogens with zero attached hydrogens (tertiary/aromatic N) is 1. The van der Waals surface area contributed by atoms with Gasteiger partial charge in [0.25, 0.3) is 0 Å². The first-order valence-electron chi connectivity index (χ1n) is 10.7. The number of hydrogen-bond acceptors (Lipinski definition) is 7. The van der Waals surface area contributed by atoms with Gasteiger partial charge in [0.05, 0.1) is 12.5 Å². The average Bonchev–Trinajstić information content (AvgIpc) is 3.18. The summed E-state index contributed by atoms with van der Waals surface area (Å²) in [4.78, 5) is 72.9. The highest BCUT2D eigenvalue weighted by Gasteiger charge is 2.38. The molecule has 1 aliphatic heterocycles. The Morgan fingerprint density at radius 2 is 1.64 bits per heavy atom. The number of rotatable bonds is 13. The Labute approximate surface area is 191 Å². The van der Waals surface area contributed by atoms with Crippen molar-refractivity contribution in [3.8, 4) is 0 Å². The molecule has 0 aromatic heterocycles. The van der Waals surface area contributed by atoms with Crippen LogP contribution in [0, 0.1) is 5.92 Å². The summed E-state index contributed by atoms with van der Waals surface area (Å²) < 4.78 is 0. The molecule has 0 aliphatic carbocycles. The zero-order valence-corrected chi connectivity index (χ0v) is 18.8. The molecule has 0 radical (unpaired) electrons. The quantitative estimate of drug-likeness (QED) is 0.177. The van der Waals surface area contributed by atoms with Gasteiger partial charge in [-0.2, -0.15) is 0 Å². The number of carboxylic acid groups (broad SMARTS) is 2. The monoisotopic (exact) mass is 471 g/mol. The van der Waals surface area contributed by atoms with E-state index in [9.17, 15) is 33.9 Å². The molecule has 8 N–H and O–H groups in total. The largest absolute Gasteiger partial charge is 0.481 e. The fourth-order valence-corrected chi connectivity index (χ4v) is 3.57. The molecule has 186 valence electrons. The number of carbonyl (C=O) groups is 6. The van der Waals surface area contributed by atoms with Crippen molar-refractivity contribution in [2.24, 2.45) is 17.4 Å². The van der Waals surface area contributed by atoms with E-state index in [4.69, 9.17) is 16.6 Å². The Bertz CT molecular complexity index is 772. The van der Waals surface area contributed by atoms with Crippen molar-refractivity contribution in [1.29, 1.82) is 0 Å². The number of carboxylic acids is 2. The third kappa shape index (κ3) is 9.04. The van der Waals surface area contributed by atoms with Crippen LogP contribution in [-0.4, -0.2) is 81.4 Å². The van der Waals surface area contributed by atoms with Crippen molar-refractivity contribution in [2.45, 2.75) is 76.5 Å². The number of carbonyl (C=O) groups excluding carboxylic acids is 4. The van der Waals surface area contributed by atoms with E-state index in [1.165, 1.54) is 4.90 Å². The molecule has 0 aromatic carbocycles. The zero-order chi connectivity index (χ0) is 25.3. The number of nitrogens with one attached hydrogen (secondary N) is 2. The summed E-state index contributed by atoms with van der Waals surface area (Å²) in [5.41, 5.74) is 10.7. The van der Waals surface area contributed by atoms with Gasteiger partial charge in [0.2, 0.25) is 23.6 Å². The van der Waals surface area contributed by atoms with Crippen molar-refractivity contribution in [3.05, 3.63) is 0 Å². The molecule has 0 spiro atoms. The summed E-state index contributed by atoms with van der Waals surface area (Å²) in [6.07, 6.45) is -0.0936. The third-order valence-corrected chi connectivity index (χ3v) is 5.19. The summed E-state index contributed by atoms with van der Waals surface area (Å²) in [5, 5.41) is 23.0. The predicted molar refractivity (Wildman–Crippen MR) is 114 cm³/mol. The van der Waals surface area contributed by atoms with Gasteiger partial charge in [0, 0.05) is 13.0 Å². The molecule has 0 saturated carbocycles. The number of hydrogen-bond donors (Lipinski definition) is 6. The minimum Gasteiger partial charge on any atom is -0.481 e. The standard InChI is InChI=1S/C20H33N5O8/c1-10(2)8-13(19(31)25-7-3-4-14(25)20(32)33)24-18(30)12(5-6-15(22)26)23-17(29)11(21)9-16(27)28/h10-14H,3-9,21H2,1-2H3,(H2,22,26)(H,23,29)(H,24,30)(H,27,28)(H,32,33). The van der Waals surface area contributed by atoms with Crippen LogP contribution in [0.3, 0.4) is 0 Å². The molecule has 0 aromatic rings. The number of aliphatic carboxylic acids is 2. The highest BCUT2D eigenvalue weighted by molar-refractivity contribution is 5.95. The highest BCUT2D eigenvalue weighted by atomic mass is 16.4. The van der Waals surface area contributed by atoms with E-state index in [1.807, 2.05) is 13.8 Å².